The van der Waals surface area contributed by atoms with Gasteiger partial charge in [0.25, 0.3) is 5.91 Å². The van der Waals surface area contributed by atoms with Crippen LogP contribution in [0.25, 0.3) is 0 Å². The van der Waals surface area contributed by atoms with Crippen molar-refractivity contribution in [3.63, 3.8) is 0 Å². The standard InChI is InChI=1S/C24H27N3O2S/c1-26-13-15-27(16-14-26)21-9-7-20(8-10-21)25-24(28)23-12-11-22(29-23)18-30-17-19-5-3-2-4-6-19/h2-12H,13-18H2,1H3,(H,25,28). The first-order valence-electron chi connectivity index (χ1n) is 10.2. The summed E-state index contributed by atoms with van der Waals surface area (Å²) in [6, 6.07) is 22.0. The number of benzene rings is 2. The van der Waals surface area contributed by atoms with Crippen LogP contribution in [0.3, 0.4) is 0 Å². The Hall–Kier alpha value is -2.70. The molecule has 6 heteroatoms. The number of furan rings is 1. The highest BCUT2D eigenvalue weighted by Gasteiger charge is 2.15. The number of thioether (sulfide) groups is 1. The summed E-state index contributed by atoms with van der Waals surface area (Å²) in [6.45, 7) is 4.20. The molecular weight excluding hydrogens is 394 g/mol. The van der Waals surface area contributed by atoms with Gasteiger partial charge in [-0.3, -0.25) is 4.79 Å². The van der Waals surface area contributed by atoms with Crippen LogP contribution in [0.2, 0.25) is 0 Å². The predicted molar refractivity (Wildman–Crippen MR) is 124 cm³/mol. The Kier molecular flexibility index (Phi) is 6.77. The van der Waals surface area contributed by atoms with Crippen LogP contribution in [-0.4, -0.2) is 44.0 Å². The molecule has 0 aliphatic carbocycles. The first kappa shape index (κ1) is 20.6. The third-order valence-electron chi connectivity index (χ3n) is 5.23. The molecule has 1 aliphatic rings. The van der Waals surface area contributed by atoms with Crippen LogP contribution in [0, 0.1) is 0 Å². The second-order valence-corrected chi connectivity index (χ2v) is 8.52. The molecule has 156 valence electrons. The Morgan fingerprint density at radius 2 is 1.67 bits per heavy atom. The minimum absolute atomic E-state index is 0.221. The molecule has 0 bridgehead atoms. The molecule has 2 aromatic carbocycles. The fourth-order valence-corrected chi connectivity index (χ4v) is 4.32. The van der Waals surface area contributed by atoms with Crippen molar-refractivity contribution >= 4 is 29.0 Å². The van der Waals surface area contributed by atoms with Crippen molar-refractivity contribution in [2.45, 2.75) is 11.5 Å². The van der Waals surface area contributed by atoms with Gasteiger partial charge in [-0.2, -0.15) is 0 Å². The fourth-order valence-electron chi connectivity index (χ4n) is 3.43. The zero-order valence-corrected chi connectivity index (χ0v) is 18.0. The monoisotopic (exact) mass is 421 g/mol. The number of likely N-dealkylation sites (N-methyl/N-ethyl adjacent to an activating group) is 1. The van der Waals surface area contributed by atoms with E-state index in [0.717, 1.165) is 49.1 Å². The van der Waals surface area contributed by atoms with Crippen molar-refractivity contribution in [1.82, 2.24) is 4.90 Å². The molecule has 0 atom stereocenters. The molecule has 1 N–H and O–H groups in total. The number of rotatable bonds is 7. The summed E-state index contributed by atoms with van der Waals surface area (Å²) in [5.74, 6) is 2.59. The maximum absolute atomic E-state index is 12.5. The number of piperazine rings is 1. The van der Waals surface area contributed by atoms with Crippen LogP contribution in [-0.2, 0) is 11.5 Å². The van der Waals surface area contributed by atoms with E-state index in [1.54, 1.807) is 17.8 Å². The molecule has 2 heterocycles. The fraction of sp³-hybridized carbons (Fsp3) is 0.292. The largest absolute Gasteiger partial charge is 0.455 e. The lowest BCUT2D eigenvalue weighted by Gasteiger charge is -2.34. The summed E-state index contributed by atoms with van der Waals surface area (Å²) in [5.41, 5.74) is 3.25. The molecule has 1 fully saturated rings. The molecule has 5 nitrogen and oxygen atoms in total. The van der Waals surface area contributed by atoms with Crippen molar-refractivity contribution in [1.29, 1.82) is 0 Å². The average molecular weight is 422 g/mol. The Labute approximate surface area is 182 Å². The number of amides is 1. The second-order valence-electron chi connectivity index (χ2n) is 7.54. The summed E-state index contributed by atoms with van der Waals surface area (Å²) in [6.07, 6.45) is 0. The van der Waals surface area contributed by atoms with E-state index in [1.165, 1.54) is 11.3 Å². The summed E-state index contributed by atoms with van der Waals surface area (Å²) in [5, 5.41) is 2.92. The zero-order chi connectivity index (χ0) is 20.8. The minimum Gasteiger partial charge on any atom is -0.455 e. The molecular formula is C24H27N3O2S. The molecule has 0 radical (unpaired) electrons. The summed E-state index contributed by atoms with van der Waals surface area (Å²) in [4.78, 5) is 17.2. The summed E-state index contributed by atoms with van der Waals surface area (Å²) in [7, 11) is 2.15. The molecule has 1 aliphatic heterocycles. The quantitative estimate of drug-likeness (QED) is 0.598. The number of carbonyl (C=O) groups excluding carboxylic acids is 1. The predicted octanol–water partition coefficient (Wildman–Crippen LogP) is 4.72. The van der Waals surface area contributed by atoms with Crippen LogP contribution in [0.5, 0.6) is 0 Å². The van der Waals surface area contributed by atoms with Gasteiger partial charge in [-0.25, -0.2) is 0 Å². The third kappa shape index (κ3) is 5.46. The van der Waals surface area contributed by atoms with Crippen molar-refractivity contribution < 1.29 is 9.21 Å². The number of hydrogen-bond acceptors (Lipinski definition) is 5. The number of hydrogen-bond donors (Lipinski definition) is 1. The molecule has 3 aromatic rings. The second kappa shape index (κ2) is 9.87. The van der Waals surface area contributed by atoms with E-state index in [2.05, 4.69) is 46.4 Å². The van der Waals surface area contributed by atoms with Crippen LogP contribution in [0.1, 0.15) is 21.9 Å². The van der Waals surface area contributed by atoms with E-state index < -0.39 is 0 Å². The van der Waals surface area contributed by atoms with E-state index >= 15 is 0 Å². The van der Waals surface area contributed by atoms with Crippen molar-refractivity contribution in [3.8, 4) is 0 Å². The first-order valence-corrected chi connectivity index (χ1v) is 11.4. The Balaban J connectivity index is 1.27. The maximum Gasteiger partial charge on any atom is 0.291 e. The van der Waals surface area contributed by atoms with Crippen LogP contribution >= 0.6 is 11.8 Å². The van der Waals surface area contributed by atoms with Gasteiger partial charge in [-0.05, 0) is 49.0 Å². The van der Waals surface area contributed by atoms with Crippen molar-refractivity contribution in [2.24, 2.45) is 0 Å². The molecule has 0 spiro atoms. The van der Waals surface area contributed by atoms with Crippen molar-refractivity contribution in [3.05, 3.63) is 83.8 Å². The number of nitrogens with zero attached hydrogens (tertiary/aromatic N) is 2. The maximum atomic E-state index is 12.5. The Morgan fingerprint density at radius 1 is 0.933 bits per heavy atom. The van der Waals surface area contributed by atoms with Gasteiger partial charge >= 0.3 is 0 Å². The van der Waals surface area contributed by atoms with Crippen LogP contribution < -0.4 is 10.2 Å². The summed E-state index contributed by atoms with van der Waals surface area (Å²) < 4.78 is 5.74. The normalized spacial score (nSPS) is 14.6. The highest BCUT2D eigenvalue weighted by atomic mass is 32.2. The molecule has 1 saturated heterocycles. The molecule has 4 rings (SSSR count). The van der Waals surface area contributed by atoms with E-state index in [-0.39, 0.29) is 5.91 Å². The van der Waals surface area contributed by atoms with E-state index in [4.69, 9.17) is 4.42 Å². The Bertz CT molecular complexity index is 948. The van der Waals surface area contributed by atoms with Gasteiger partial charge in [0.1, 0.15) is 5.76 Å². The van der Waals surface area contributed by atoms with Gasteiger partial charge in [0, 0.05) is 43.3 Å². The minimum atomic E-state index is -0.221. The molecule has 1 amide bonds. The van der Waals surface area contributed by atoms with Gasteiger partial charge in [0.05, 0.1) is 5.75 Å². The Morgan fingerprint density at radius 3 is 2.40 bits per heavy atom. The number of carbonyl (C=O) groups is 1. The topological polar surface area (TPSA) is 48.7 Å². The molecule has 1 aromatic heterocycles. The lowest BCUT2D eigenvalue weighted by molar-refractivity contribution is 0.0995. The first-order chi connectivity index (χ1) is 14.7. The third-order valence-corrected chi connectivity index (χ3v) is 6.26. The molecule has 0 unspecified atom stereocenters. The van der Waals surface area contributed by atoms with Crippen molar-refractivity contribution in [2.75, 3.05) is 43.4 Å². The summed E-state index contributed by atoms with van der Waals surface area (Å²) >= 11 is 1.77. The van der Waals surface area contributed by atoms with E-state index in [1.807, 2.05) is 36.4 Å². The molecule has 30 heavy (non-hydrogen) atoms. The SMILES string of the molecule is CN1CCN(c2ccc(NC(=O)c3ccc(CSCc4ccccc4)o3)cc2)CC1. The number of nitrogens with one attached hydrogen (secondary N) is 1. The number of anilines is 2. The van der Waals surface area contributed by atoms with Gasteiger partial charge in [-0.1, -0.05) is 30.3 Å². The van der Waals surface area contributed by atoms with Gasteiger partial charge in [0.2, 0.25) is 0 Å². The van der Waals surface area contributed by atoms with Gasteiger partial charge in [-0.15, -0.1) is 11.8 Å². The van der Waals surface area contributed by atoms with E-state index in [9.17, 15) is 4.79 Å². The smallest absolute Gasteiger partial charge is 0.291 e. The average Bonchev–Trinajstić information content (AvgIpc) is 3.25. The highest BCUT2D eigenvalue weighted by molar-refractivity contribution is 7.97. The highest BCUT2D eigenvalue weighted by Crippen LogP contribution is 2.22. The van der Waals surface area contributed by atoms with Crippen LogP contribution in [0.4, 0.5) is 11.4 Å². The molecule has 0 saturated carbocycles. The van der Waals surface area contributed by atoms with Crippen LogP contribution in [0.15, 0.2) is 71.1 Å². The van der Waals surface area contributed by atoms with Gasteiger partial charge < -0.3 is 19.5 Å². The lowest BCUT2D eigenvalue weighted by Crippen LogP contribution is -2.44. The van der Waals surface area contributed by atoms with Gasteiger partial charge in [0.15, 0.2) is 5.76 Å². The lowest BCUT2D eigenvalue weighted by atomic mass is 10.2. The zero-order valence-electron chi connectivity index (χ0n) is 17.2. The van der Waals surface area contributed by atoms with E-state index in [0.29, 0.717) is 5.76 Å².